The maximum atomic E-state index is 4.79. The van der Waals surface area contributed by atoms with Crippen LogP contribution in [-0.2, 0) is 0 Å². The summed E-state index contributed by atoms with van der Waals surface area (Å²) in [6, 6.07) is 110. The molecule has 0 spiro atoms. The van der Waals surface area contributed by atoms with E-state index in [0.29, 0.717) is 0 Å². The Balaban J connectivity index is 1.07. The zero-order valence-electron chi connectivity index (χ0n) is 41.3. The first kappa shape index (κ1) is 46.1. The highest BCUT2D eigenvalue weighted by Crippen LogP contribution is 2.43. The van der Waals surface area contributed by atoms with Gasteiger partial charge >= 0.3 is 0 Å². The molecule has 0 bridgehead atoms. The van der Waals surface area contributed by atoms with Crippen molar-refractivity contribution in [2.75, 3.05) is 0 Å². The zero-order valence-corrected chi connectivity index (χ0v) is 41.3. The first-order valence-corrected chi connectivity index (χ1v) is 25.5. The van der Waals surface area contributed by atoms with Crippen molar-refractivity contribution < 1.29 is 0 Å². The van der Waals surface area contributed by atoms with Gasteiger partial charge in [-0.3, -0.25) is 4.57 Å². The molecule has 0 saturated carbocycles. The van der Waals surface area contributed by atoms with E-state index in [9.17, 15) is 0 Å². The number of hydrogen-bond acceptors (Lipinski definition) is 2. The number of aromatic nitrogens is 3. The molecule has 12 rings (SSSR count). The molecular formula is C72H51N3. The second kappa shape index (κ2) is 21.4. The van der Waals surface area contributed by atoms with Crippen molar-refractivity contribution in [1.82, 2.24) is 14.8 Å². The van der Waals surface area contributed by atoms with Gasteiger partial charge in [-0.2, -0.15) is 0 Å². The van der Waals surface area contributed by atoms with E-state index in [-0.39, 0.29) is 0 Å². The van der Waals surface area contributed by atoms with Crippen LogP contribution in [0.5, 0.6) is 0 Å². The molecule has 0 unspecified atom stereocenters. The Morgan fingerprint density at radius 1 is 0.213 bits per heavy atom. The van der Waals surface area contributed by atoms with Gasteiger partial charge in [-0.1, -0.05) is 291 Å². The van der Waals surface area contributed by atoms with Crippen molar-refractivity contribution in [2.24, 2.45) is 0 Å². The third kappa shape index (κ3) is 9.62. The van der Waals surface area contributed by atoms with Gasteiger partial charge in [0.15, 0.2) is 11.6 Å². The maximum Gasteiger partial charge on any atom is 0.168 e. The van der Waals surface area contributed by atoms with Crippen molar-refractivity contribution in [3.05, 3.63) is 354 Å². The summed E-state index contributed by atoms with van der Waals surface area (Å²) in [5.74, 6) is 1.56. The average Bonchev–Trinajstić information content (AvgIpc) is 3.95. The minimum atomic E-state index is 0.781. The normalized spacial score (nSPS) is 10.9. The van der Waals surface area contributed by atoms with Crippen molar-refractivity contribution in [1.29, 1.82) is 0 Å². The van der Waals surface area contributed by atoms with E-state index >= 15 is 0 Å². The van der Waals surface area contributed by atoms with Crippen LogP contribution in [0.15, 0.2) is 309 Å². The van der Waals surface area contributed by atoms with Gasteiger partial charge in [-0.15, -0.1) is 10.2 Å². The molecule has 0 aliphatic carbocycles. The van der Waals surface area contributed by atoms with Crippen LogP contribution in [0, 0.1) is 0 Å². The number of rotatable bonds is 13. The fraction of sp³-hybridized carbons (Fsp3) is 0. The van der Waals surface area contributed by atoms with Crippen LogP contribution >= 0.6 is 0 Å². The molecule has 3 heteroatoms. The molecule has 0 saturated heterocycles. The Bertz CT molecular complexity index is 3750. The molecule has 11 aromatic carbocycles. The predicted octanol–water partition coefficient (Wildman–Crippen LogP) is 18.0. The van der Waals surface area contributed by atoms with E-state index in [0.717, 1.165) is 89.7 Å². The lowest BCUT2D eigenvalue weighted by Gasteiger charge is -2.21. The van der Waals surface area contributed by atoms with Crippen LogP contribution in [-0.4, -0.2) is 14.8 Å². The van der Waals surface area contributed by atoms with Crippen LogP contribution in [0.25, 0.3) is 73.0 Å². The zero-order chi connectivity index (χ0) is 50.2. The van der Waals surface area contributed by atoms with Crippen LogP contribution in [0.1, 0.15) is 44.5 Å². The largest absolute Gasteiger partial charge is 0.275 e. The number of nitrogens with zero attached hydrogens (tertiary/aromatic N) is 3. The fourth-order valence-electron chi connectivity index (χ4n) is 10.3. The molecule has 3 nitrogen and oxygen atoms in total. The molecule has 0 atom stereocenters. The Labute approximate surface area is 439 Å². The van der Waals surface area contributed by atoms with Crippen molar-refractivity contribution in [2.45, 2.75) is 0 Å². The van der Waals surface area contributed by atoms with Gasteiger partial charge in [0.05, 0.1) is 0 Å². The van der Waals surface area contributed by atoms with Gasteiger partial charge in [-0.25, -0.2) is 0 Å². The van der Waals surface area contributed by atoms with Crippen molar-refractivity contribution >= 4 is 22.3 Å². The van der Waals surface area contributed by atoms with E-state index in [2.05, 4.69) is 278 Å². The molecule has 354 valence electrons. The highest BCUT2D eigenvalue weighted by atomic mass is 15.3. The molecule has 0 aliphatic heterocycles. The maximum absolute atomic E-state index is 4.79. The number of hydrogen-bond donors (Lipinski definition) is 0. The molecule has 75 heavy (non-hydrogen) atoms. The van der Waals surface area contributed by atoms with E-state index < -0.39 is 0 Å². The minimum Gasteiger partial charge on any atom is -0.275 e. The fourth-order valence-corrected chi connectivity index (χ4v) is 10.3. The minimum absolute atomic E-state index is 0.781. The van der Waals surface area contributed by atoms with Crippen molar-refractivity contribution in [3.63, 3.8) is 0 Å². The second-order valence-corrected chi connectivity index (χ2v) is 18.5. The standard InChI is InChI=1S/C72H51N3/c1-9-25-54(26-10-1)67(55-27-11-2-12-28-55)69(58-33-17-5-18-34-58)60-43-41-52(42-44-60)65-50-47-63(70(59-35-19-6-20-36-59)68(56-29-13-3-14-30-56)57-31-15-4-16-32-57)51-66(65)53-45-48-64(49-46-53)75-71(61-37-21-7-22-38-61)73-74-72(75)62-39-23-8-24-40-62/h1-51H. The molecule has 0 N–H and O–H groups in total. The first-order valence-electron chi connectivity index (χ1n) is 25.5. The first-order chi connectivity index (χ1) is 37.2. The lowest BCUT2D eigenvalue weighted by atomic mass is 9.83. The summed E-state index contributed by atoms with van der Waals surface area (Å²) in [7, 11) is 0. The predicted molar refractivity (Wildman–Crippen MR) is 312 cm³/mol. The Morgan fingerprint density at radius 3 is 0.827 bits per heavy atom. The van der Waals surface area contributed by atoms with E-state index in [4.69, 9.17) is 10.2 Å². The smallest absolute Gasteiger partial charge is 0.168 e. The van der Waals surface area contributed by atoms with Crippen LogP contribution in [0.3, 0.4) is 0 Å². The molecule has 0 fully saturated rings. The summed E-state index contributed by atoms with van der Waals surface area (Å²) >= 11 is 0. The van der Waals surface area contributed by atoms with Gasteiger partial charge < -0.3 is 0 Å². The van der Waals surface area contributed by atoms with Gasteiger partial charge in [0, 0.05) is 16.8 Å². The topological polar surface area (TPSA) is 30.7 Å². The Kier molecular flexibility index (Phi) is 13.2. The lowest BCUT2D eigenvalue weighted by Crippen LogP contribution is -2.01. The third-order valence-electron chi connectivity index (χ3n) is 13.8. The molecule has 0 aliphatic rings. The quantitative estimate of drug-likeness (QED) is 0.108. The highest BCUT2D eigenvalue weighted by Gasteiger charge is 2.22. The average molecular weight is 958 g/mol. The molecule has 1 aromatic heterocycles. The second-order valence-electron chi connectivity index (χ2n) is 18.5. The molecule has 0 amide bonds. The third-order valence-corrected chi connectivity index (χ3v) is 13.8. The summed E-state index contributed by atoms with van der Waals surface area (Å²) in [4.78, 5) is 0. The van der Waals surface area contributed by atoms with Gasteiger partial charge in [0.2, 0.25) is 0 Å². The monoisotopic (exact) mass is 957 g/mol. The summed E-state index contributed by atoms with van der Waals surface area (Å²) in [5, 5.41) is 9.58. The Hall–Kier alpha value is -9.96. The molecular weight excluding hydrogens is 907 g/mol. The number of benzene rings is 11. The van der Waals surface area contributed by atoms with E-state index in [1.807, 2.05) is 36.4 Å². The van der Waals surface area contributed by atoms with Crippen LogP contribution in [0.2, 0.25) is 0 Å². The molecule has 0 radical (unpaired) electrons. The Morgan fingerprint density at radius 2 is 0.480 bits per heavy atom. The van der Waals surface area contributed by atoms with E-state index in [1.165, 1.54) is 27.8 Å². The summed E-state index contributed by atoms with van der Waals surface area (Å²) < 4.78 is 2.17. The molecule has 1 heterocycles. The van der Waals surface area contributed by atoms with Gasteiger partial charge in [-0.05, 0) is 107 Å². The van der Waals surface area contributed by atoms with Gasteiger partial charge in [0.1, 0.15) is 0 Å². The van der Waals surface area contributed by atoms with Crippen molar-refractivity contribution in [3.8, 4) is 50.7 Å². The van der Waals surface area contributed by atoms with Gasteiger partial charge in [0.25, 0.3) is 0 Å². The molecule has 12 aromatic rings. The lowest BCUT2D eigenvalue weighted by molar-refractivity contribution is 1.07. The summed E-state index contributed by atoms with van der Waals surface area (Å²) in [6.45, 7) is 0. The summed E-state index contributed by atoms with van der Waals surface area (Å²) in [6.07, 6.45) is 0. The van der Waals surface area contributed by atoms with E-state index in [1.54, 1.807) is 0 Å². The van der Waals surface area contributed by atoms with Crippen LogP contribution < -0.4 is 0 Å². The summed E-state index contributed by atoms with van der Waals surface area (Å²) in [5.41, 5.74) is 21.3. The highest BCUT2D eigenvalue weighted by molar-refractivity contribution is 6.07. The van der Waals surface area contributed by atoms with Crippen LogP contribution in [0.4, 0.5) is 0 Å². The SMILES string of the molecule is c1ccc(C(=C(c2ccccc2)c2ccc(-c3ccc(C(=C(c4ccccc4)c4ccccc4)c4ccccc4)cc3-c3ccc(-n4c(-c5ccccc5)nnc4-c4ccccc4)cc3)cc2)c2ccccc2)cc1.